The monoisotopic (exact) mass is 303 g/mol. The molecule has 0 spiro atoms. The molecule has 2 rings (SSSR count). The van der Waals surface area contributed by atoms with Crippen molar-refractivity contribution in [1.29, 1.82) is 5.26 Å². The van der Waals surface area contributed by atoms with Crippen molar-refractivity contribution in [1.82, 2.24) is 9.61 Å². The Morgan fingerprint density at radius 3 is 2.95 bits per heavy atom. The van der Waals surface area contributed by atoms with Crippen molar-refractivity contribution in [2.75, 3.05) is 12.4 Å². The molecule has 0 aliphatic rings. The molecule has 21 heavy (non-hydrogen) atoms. The lowest BCUT2D eigenvalue weighted by molar-refractivity contribution is -0.142. The molecule has 2 aromatic rings. The van der Waals surface area contributed by atoms with Crippen LogP contribution in [0.25, 0.3) is 5.52 Å². The Bertz CT molecular complexity index is 716. The summed E-state index contributed by atoms with van der Waals surface area (Å²) in [7, 11) is 0. The number of nitrogens with zero attached hydrogens (tertiary/aromatic N) is 3. The number of hydrogen-bond acceptors (Lipinski definition) is 5. The Kier molecular flexibility index (Phi) is 4.86. The molecule has 0 N–H and O–H groups in total. The zero-order valence-electron chi connectivity index (χ0n) is 12.3. The highest BCUT2D eigenvalue weighted by Gasteiger charge is 2.15. The predicted molar refractivity (Wildman–Crippen MR) is 81.4 cm³/mol. The van der Waals surface area contributed by atoms with Gasteiger partial charge >= 0.3 is 5.97 Å². The normalized spacial score (nSPS) is 10.6. The summed E-state index contributed by atoms with van der Waals surface area (Å²) in [5.74, 6) is 0.328. The van der Waals surface area contributed by atoms with Crippen LogP contribution in [-0.2, 0) is 9.53 Å². The fourth-order valence-electron chi connectivity index (χ4n) is 2.19. The third-order valence-corrected chi connectivity index (χ3v) is 3.95. The number of carbonyl (C=O) groups is 1. The van der Waals surface area contributed by atoms with E-state index in [1.54, 1.807) is 11.4 Å². The van der Waals surface area contributed by atoms with Gasteiger partial charge in [0.25, 0.3) is 0 Å². The molecule has 0 amide bonds. The number of rotatable bonds is 5. The molecule has 2 aromatic heterocycles. The average Bonchev–Trinajstić information content (AvgIpc) is 2.76. The number of hydrogen-bond donors (Lipinski definition) is 0. The number of aryl methyl sites for hydroxylation is 2. The zero-order chi connectivity index (χ0) is 15.4. The summed E-state index contributed by atoms with van der Waals surface area (Å²) in [4.78, 5) is 11.3. The Morgan fingerprint density at radius 1 is 1.52 bits per heavy atom. The van der Waals surface area contributed by atoms with Crippen molar-refractivity contribution in [3.05, 3.63) is 29.0 Å². The summed E-state index contributed by atoms with van der Waals surface area (Å²) in [5.41, 5.74) is 3.52. The largest absolute Gasteiger partial charge is 0.466 e. The second kappa shape index (κ2) is 6.64. The maximum atomic E-state index is 11.3. The minimum absolute atomic E-state index is 0.223. The molecule has 6 heteroatoms. The van der Waals surface area contributed by atoms with Gasteiger partial charge in [-0.15, -0.1) is 11.8 Å². The number of carbonyl (C=O) groups excluding carboxylic acids is 1. The number of esters is 1. The highest BCUT2D eigenvalue weighted by atomic mass is 32.2. The van der Waals surface area contributed by atoms with Gasteiger partial charge in [-0.3, -0.25) is 4.79 Å². The molecule has 0 atom stereocenters. The second-order valence-electron chi connectivity index (χ2n) is 4.69. The van der Waals surface area contributed by atoms with Gasteiger partial charge in [-0.05, 0) is 31.9 Å². The summed E-state index contributed by atoms with van der Waals surface area (Å²) in [6.07, 6.45) is 2.22. The Labute approximate surface area is 127 Å². The van der Waals surface area contributed by atoms with Crippen LogP contribution in [0.3, 0.4) is 0 Å². The van der Waals surface area contributed by atoms with Crippen LogP contribution in [0.4, 0.5) is 0 Å². The number of thioether (sulfide) groups is 1. The molecule has 0 unspecified atom stereocenters. The summed E-state index contributed by atoms with van der Waals surface area (Å²) < 4.78 is 6.63. The van der Waals surface area contributed by atoms with Gasteiger partial charge < -0.3 is 4.74 Å². The lowest BCUT2D eigenvalue weighted by atomic mass is 10.1. The molecule has 0 aromatic carbocycles. The van der Waals surface area contributed by atoms with E-state index in [1.807, 2.05) is 26.1 Å². The maximum absolute atomic E-state index is 11.3. The SMILES string of the molecule is CCOC(=O)CCSc1nn2cc(C)cc(C)c2c1C#N. The fourth-order valence-corrected chi connectivity index (χ4v) is 3.09. The van der Waals surface area contributed by atoms with Gasteiger partial charge in [0, 0.05) is 11.9 Å². The number of fused-ring (bicyclic) bond motifs is 1. The van der Waals surface area contributed by atoms with Crippen molar-refractivity contribution >= 4 is 23.2 Å². The van der Waals surface area contributed by atoms with E-state index in [1.165, 1.54) is 11.8 Å². The third-order valence-electron chi connectivity index (χ3n) is 2.98. The molecule has 0 fully saturated rings. The molecule has 0 aliphatic heterocycles. The first-order chi connectivity index (χ1) is 10.1. The topological polar surface area (TPSA) is 67.4 Å². The Balaban J connectivity index is 2.23. The van der Waals surface area contributed by atoms with Gasteiger partial charge in [-0.25, -0.2) is 4.52 Å². The van der Waals surface area contributed by atoms with Crippen molar-refractivity contribution in [2.24, 2.45) is 0 Å². The van der Waals surface area contributed by atoms with E-state index in [0.29, 0.717) is 29.4 Å². The van der Waals surface area contributed by atoms with Crippen LogP contribution < -0.4 is 0 Å². The number of aromatic nitrogens is 2. The minimum atomic E-state index is -0.223. The lowest BCUT2D eigenvalue weighted by Crippen LogP contribution is -2.04. The van der Waals surface area contributed by atoms with Crippen molar-refractivity contribution in [3.63, 3.8) is 0 Å². The van der Waals surface area contributed by atoms with Crippen molar-refractivity contribution in [3.8, 4) is 6.07 Å². The summed E-state index contributed by atoms with van der Waals surface area (Å²) in [6, 6.07) is 4.25. The summed E-state index contributed by atoms with van der Waals surface area (Å²) >= 11 is 1.41. The minimum Gasteiger partial charge on any atom is -0.466 e. The van der Waals surface area contributed by atoms with Crippen LogP contribution >= 0.6 is 11.8 Å². The number of ether oxygens (including phenoxy) is 1. The van der Waals surface area contributed by atoms with E-state index in [9.17, 15) is 10.1 Å². The molecule has 0 bridgehead atoms. The van der Waals surface area contributed by atoms with Crippen molar-refractivity contribution < 1.29 is 9.53 Å². The average molecular weight is 303 g/mol. The molecule has 0 radical (unpaired) electrons. The first-order valence-corrected chi connectivity index (χ1v) is 7.73. The van der Waals surface area contributed by atoms with E-state index in [4.69, 9.17) is 4.74 Å². The fraction of sp³-hybridized carbons (Fsp3) is 0.400. The number of pyridine rings is 1. The molecule has 110 valence electrons. The smallest absolute Gasteiger partial charge is 0.306 e. The Hall–Kier alpha value is -2.00. The Morgan fingerprint density at radius 2 is 2.29 bits per heavy atom. The quantitative estimate of drug-likeness (QED) is 0.627. The molecule has 2 heterocycles. The van der Waals surface area contributed by atoms with Crippen LogP contribution in [0.1, 0.15) is 30.0 Å². The standard InChI is InChI=1S/C15H17N3O2S/c1-4-20-13(19)5-6-21-15-12(8-16)14-11(3)7-10(2)9-18(14)17-15/h7,9H,4-6H2,1-3H3. The van der Waals surface area contributed by atoms with Crippen LogP contribution in [0.2, 0.25) is 0 Å². The second-order valence-corrected chi connectivity index (χ2v) is 5.77. The van der Waals surface area contributed by atoms with Crippen molar-refractivity contribution in [2.45, 2.75) is 32.2 Å². The van der Waals surface area contributed by atoms with E-state index in [2.05, 4.69) is 11.2 Å². The first kappa shape index (κ1) is 15.4. The first-order valence-electron chi connectivity index (χ1n) is 6.75. The van der Waals surface area contributed by atoms with Crippen LogP contribution in [-0.4, -0.2) is 27.9 Å². The van der Waals surface area contributed by atoms with Gasteiger partial charge in [0.15, 0.2) is 0 Å². The lowest BCUT2D eigenvalue weighted by Gasteiger charge is -2.00. The van der Waals surface area contributed by atoms with Gasteiger partial charge in [-0.1, -0.05) is 6.07 Å². The van der Waals surface area contributed by atoms with Crippen LogP contribution in [0, 0.1) is 25.2 Å². The van der Waals surface area contributed by atoms with E-state index >= 15 is 0 Å². The van der Waals surface area contributed by atoms with Gasteiger partial charge in [0.05, 0.1) is 18.5 Å². The molecular weight excluding hydrogens is 286 g/mol. The molecule has 5 nitrogen and oxygen atoms in total. The number of nitriles is 1. The summed E-state index contributed by atoms with van der Waals surface area (Å²) in [6.45, 7) is 6.14. The van der Waals surface area contributed by atoms with Gasteiger partial charge in [-0.2, -0.15) is 10.4 Å². The molecular formula is C15H17N3O2S. The third kappa shape index (κ3) is 3.37. The van der Waals surface area contributed by atoms with Gasteiger partial charge in [0.1, 0.15) is 16.7 Å². The zero-order valence-corrected chi connectivity index (χ0v) is 13.2. The van der Waals surface area contributed by atoms with E-state index in [-0.39, 0.29) is 5.97 Å². The van der Waals surface area contributed by atoms with Crippen LogP contribution in [0.15, 0.2) is 17.3 Å². The van der Waals surface area contributed by atoms with E-state index in [0.717, 1.165) is 16.6 Å². The van der Waals surface area contributed by atoms with Gasteiger partial charge in [0.2, 0.25) is 0 Å². The maximum Gasteiger partial charge on any atom is 0.306 e. The predicted octanol–water partition coefficient (Wildman–Crippen LogP) is 2.87. The highest BCUT2D eigenvalue weighted by Crippen LogP contribution is 2.27. The molecule has 0 aliphatic carbocycles. The summed E-state index contributed by atoms with van der Waals surface area (Å²) in [5, 5.41) is 14.5. The van der Waals surface area contributed by atoms with E-state index < -0.39 is 0 Å². The molecule has 0 saturated carbocycles. The molecule has 0 saturated heterocycles. The van der Waals surface area contributed by atoms with Crippen LogP contribution in [0.5, 0.6) is 0 Å². The highest BCUT2D eigenvalue weighted by molar-refractivity contribution is 7.99.